The topological polar surface area (TPSA) is 0 Å². The van der Waals surface area contributed by atoms with Gasteiger partial charge in [0, 0.05) is 0 Å². The van der Waals surface area contributed by atoms with Crippen molar-refractivity contribution in [1.82, 2.24) is 0 Å². The summed E-state index contributed by atoms with van der Waals surface area (Å²) >= 11 is 0. The Labute approximate surface area is 61.9 Å². The maximum atomic E-state index is 3.15. The van der Waals surface area contributed by atoms with Gasteiger partial charge in [0.2, 0.25) is 0 Å². The molecular formula is C10H11. The second-order valence-electron chi connectivity index (χ2n) is 3.12. The summed E-state index contributed by atoms with van der Waals surface area (Å²) in [6.07, 6.45) is 2.77. The van der Waals surface area contributed by atoms with E-state index in [0.717, 1.165) is 5.92 Å². The SMILES string of the molecule is Cc1c[c]cc(C2CC2)c1. The van der Waals surface area contributed by atoms with Crippen molar-refractivity contribution < 1.29 is 0 Å². The summed E-state index contributed by atoms with van der Waals surface area (Å²) < 4.78 is 0. The Kier molecular flexibility index (Phi) is 1.26. The van der Waals surface area contributed by atoms with Gasteiger partial charge in [0.1, 0.15) is 0 Å². The highest BCUT2D eigenvalue weighted by atomic mass is 14.3. The van der Waals surface area contributed by atoms with Crippen molar-refractivity contribution in [3.63, 3.8) is 0 Å². The van der Waals surface area contributed by atoms with E-state index in [2.05, 4.69) is 25.1 Å². The normalized spacial score (nSPS) is 17.3. The van der Waals surface area contributed by atoms with E-state index in [1.807, 2.05) is 6.07 Å². The van der Waals surface area contributed by atoms with Crippen LogP contribution in [0.5, 0.6) is 0 Å². The molecule has 0 spiro atoms. The molecule has 0 amide bonds. The number of benzene rings is 1. The van der Waals surface area contributed by atoms with Gasteiger partial charge in [-0.1, -0.05) is 23.8 Å². The lowest BCUT2D eigenvalue weighted by atomic mass is 10.1. The van der Waals surface area contributed by atoms with Crippen LogP contribution in [-0.2, 0) is 0 Å². The van der Waals surface area contributed by atoms with E-state index in [1.54, 1.807) is 0 Å². The summed E-state index contributed by atoms with van der Waals surface area (Å²) in [5, 5.41) is 0. The molecule has 1 aliphatic rings. The molecule has 2 rings (SSSR count). The Bertz CT molecular complexity index is 234. The summed E-state index contributed by atoms with van der Waals surface area (Å²) in [6, 6.07) is 9.57. The van der Waals surface area contributed by atoms with Crippen LogP contribution in [0.3, 0.4) is 0 Å². The van der Waals surface area contributed by atoms with Gasteiger partial charge in [-0.2, -0.15) is 0 Å². The highest BCUT2D eigenvalue weighted by Crippen LogP contribution is 2.39. The second kappa shape index (κ2) is 2.12. The first-order chi connectivity index (χ1) is 4.86. The zero-order valence-corrected chi connectivity index (χ0v) is 6.22. The minimum atomic E-state index is 0.871. The second-order valence-corrected chi connectivity index (χ2v) is 3.12. The fraction of sp³-hybridized carbons (Fsp3) is 0.400. The molecule has 0 heteroatoms. The molecule has 1 aliphatic carbocycles. The molecule has 10 heavy (non-hydrogen) atoms. The molecule has 1 fully saturated rings. The first-order valence-corrected chi connectivity index (χ1v) is 3.84. The first kappa shape index (κ1) is 5.96. The Balaban J connectivity index is 2.32. The summed E-state index contributed by atoms with van der Waals surface area (Å²) in [6.45, 7) is 2.13. The molecule has 0 bridgehead atoms. The molecule has 0 aliphatic heterocycles. The third-order valence-corrected chi connectivity index (χ3v) is 2.00. The van der Waals surface area contributed by atoms with Gasteiger partial charge in [0.05, 0.1) is 0 Å². The van der Waals surface area contributed by atoms with Crippen LogP contribution in [0.15, 0.2) is 18.2 Å². The minimum Gasteiger partial charge on any atom is -0.0558 e. The highest BCUT2D eigenvalue weighted by Gasteiger charge is 2.22. The van der Waals surface area contributed by atoms with Crippen molar-refractivity contribution in [1.29, 1.82) is 0 Å². The summed E-state index contributed by atoms with van der Waals surface area (Å²) in [4.78, 5) is 0. The largest absolute Gasteiger partial charge is 0.0558 e. The van der Waals surface area contributed by atoms with Crippen LogP contribution in [0.4, 0.5) is 0 Å². The van der Waals surface area contributed by atoms with Gasteiger partial charge in [0.25, 0.3) is 0 Å². The third-order valence-electron chi connectivity index (χ3n) is 2.00. The first-order valence-electron chi connectivity index (χ1n) is 3.84. The summed E-state index contributed by atoms with van der Waals surface area (Å²) in [5.74, 6) is 0.871. The lowest BCUT2D eigenvalue weighted by molar-refractivity contribution is 1.12. The molecule has 0 atom stereocenters. The van der Waals surface area contributed by atoms with E-state index in [1.165, 1.54) is 24.0 Å². The quantitative estimate of drug-likeness (QED) is 0.549. The smallest absolute Gasteiger partial charge is 0.0161 e. The molecule has 1 radical (unpaired) electrons. The van der Waals surface area contributed by atoms with Crippen LogP contribution >= 0.6 is 0 Å². The molecule has 0 N–H and O–H groups in total. The number of hydrogen-bond acceptors (Lipinski definition) is 0. The van der Waals surface area contributed by atoms with Crippen LogP contribution in [-0.4, -0.2) is 0 Å². The van der Waals surface area contributed by atoms with Crippen LogP contribution in [0.2, 0.25) is 0 Å². The van der Waals surface area contributed by atoms with E-state index in [0.29, 0.717) is 0 Å². The lowest BCUT2D eigenvalue weighted by Gasteiger charge is -1.96. The van der Waals surface area contributed by atoms with Gasteiger partial charge in [-0.3, -0.25) is 0 Å². The van der Waals surface area contributed by atoms with Gasteiger partial charge in [-0.05, 0) is 37.3 Å². The lowest BCUT2D eigenvalue weighted by Crippen LogP contribution is -1.79. The Hall–Kier alpha value is -0.780. The van der Waals surface area contributed by atoms with Crippen LogP contribution < -0.4 is 0 Å². The maximum Gasteiger partial charge on any atom is -0.0161 e. The molecule has 0 heterocycles. The number of aryl methyl sites for hydroxylation is 1. The van der Waals surface area contributed by atoms with E-state index in [4.69, 9.17) is 0 Å². The average molecular weight is 131 g/mol. The molecule has 1 aromatic carbocycles. The van der Waals surface area contributed by atoms with Crippen molar-refractivity contribution in [3.8, 4) is 0 Å². The van der Waals surface area contributed by atoms with Crippen molar-refractivity contribution in [2.75, 3.05) is 0 Å². The highest BCUT2D eigenvalue weighted by molar-refractivity contribution is 5.27. The van der Waals surface area contributed by atoms with E-state index in [9.17, 15) is 0 Å². The summed E-state index contributed by atoms with van der Waals surface area (Å²) in [5.41, 5.74) is 2.82. The molecule has 51 valence electrons. The third kappa shape index (κ3) is 1.06. The minimum absolute atomic E-state index is 0.871. The zero-order chi connectivity index (χ0) is 6.97. The van der Waals surface area contributed by atoms with E-state index in [-0.39, 0.29) is 0 Å². The maximum absolute atomic E-state index is 3.15. The fourth-order valence-corrected chi connectivity index (χ4v) is 1.27. The summed E-state index contributed by atoms with van der Waals surface area (Å²) in [7, 11) is 0. The molecule has 0 saturated heterocycles. The Morgan fingerprint density at radius 1 is 1.40 bits per heavy atom. The Morgan fingerprint density at radius 3 is 2.80 bits per heavy atom. The van der Waals surface area contributed by atoms with E-state index >= 15 is 0 Å². The zero-order valence-electron chi connectivity index (χ0n) is 6.22. The van der Waals surface area contributed by atoms with Crippen molar-refractivity contribution >= 4 is 0 Å². The van der Waals surface area contributed by atoms with Crippen molar-refractivity contribution in [2.24, 2.45) is 0 Å². The predicted octanol–water partition coefficient (Wildman–Crippen LogP) is 2.67. The monoisotopic (exact) mass is 131 g/mol. The van der Waals surface area contributed by atoms with E-state index < -0.39 is 0 Å². The van der Waals surface area contributed by atoms with Gasteiger partial charge in [0.15, 0.2) is 0 Å². The van der Waals surface area contributed by atoms with Gasteiger partial charge < -0.3 is 0 Å². The molecule has 0 unspecified atom stereocenters. The number of rotatable bonds is 1. The predicted molar refractivity (Wildman–Crippen MR) is 42.0 cm³/mol. The van der Waals surface area contributed by atoms with Gasteiger partial charge in [-0.15, -0.1) is 0 Å². The molecular weight excluding hydrogens is 120 g/mol. The Morgan fingerprint density at radius 2 is 2.20 bits per heavy atom. The molecule has 1 saturated carbocycles. The standard InChI is InChI=1S/C10H11/c1-8-3-2-4-10(7-8)9-5-6-9/h3-4,7,9H,5-6H2,1H3. The van der Waals surface area contributed by atoms with Gasteiger partial charge >= 0.3 is 0 Å². The molecule has 0 aromatic heterocycles. The van der Waals surface area contributed by atoms with Gasteiger partial charge in [-0.25, -0.2) is 0 Å². The van der Waals surface area contributed by atoms with Crippen molar-refractivity contribution in [3.05, 3.63) is 35.4 Å². The van der Waals surface area contributed by atoms with Crippen LogP contribution in [0.1, 0.15) is 29.9 Å². The molecule has 0 nitrogen and oxygen atoms in total. The van der Waals surface area contributed by atoms with Crippen LogP contribution in [0.25, 0.3) is 0 Å². The van der Waals surface area contributed by atoms with Crippen LogP contribution in [0, 0.1) is 13.0 Å². The van der Waals surface area contributed by atoms with Crippen molar-refractivity contribution in [2.45, 2.75) is 25.7 Å². The average Bonchev–Trinajstić information content (AvgIpc) is 2.68. The molecule has 1 aromatic rings. The fourth-order valence-electron chi connectivity index (χ4n) is 1.27. The number of hydrogen-bond donors (Lipinski definition) is 0.